The lowest BCUT2D eigenvalue weighted by molar-refractivity contribution is 0.660. The molecule has 1 aliphatic carbocycles. The molecule has 1 nitrogen and oxygen atoms in total. The average Bonchev–Trinajstić information content (AvgIpc) is 3.45. The first-order chi connectivity index (χ1) is 25.6. The molecule has 52 heavy (non-hydrogen) atoms. The number of fused-ring (bicyclic) bond motifs is 3. The molecule has 0 fully saturated rings. The Morgan fingerprint density at radius 3 is 1.40 bits per heavy atom. The fraction of sp³-hybridized carbons (Fsp3) is 0.0588. The molecule has 1 heteroatoms. The van der Waals surface area contributed by atoms with Gasteiger partial charge in [-0.2, -0.15) is 0 Å². The summed E-state index contributed by atoms with van der Waals surface area (Å²) in [6, 6.07) is 72.6. The van der Waals surface area contributed by atoms with Gasteiger partial charge in [0.15, 0.2) is 0 Å². The molecule has 0 bridgehead atoms. The molecule has 0 heterocycles. The van der Waals surface area contributed by atoms with Crippen LogP contribution in [0.1, 0.15) is 25.0 Å². The first kappa shape index (κ1) is 31.5. The van der Waals surface area contributed by atoms with E-state index in [9.17, 15) is 0 Å². The number of anilines is 3. The summed E-state index contributed by atoms with van der Waals surface area (Å²) < 4.78 is 0. The largest absolute Gasteiger partial charge is 0.310 e. The van der Waals surface area contributed by atoms with Crippen molar-refractivity contribution in [2.75, 3.05) is 4.90 Å². The van der Waals surface area contributed by atoms with E-state index in [4.69, 9.17) is 0 Å². The van der Waals surface area contributed by atoms with Gasteiger partial charge in [0.1, 0.15) is 0 Å². The van der Waals surface area contributed by atoms with Crippen LogP contribution < -0.4 is 4.90 Å². The lowest BCUT2D eigenvalue weighted by Gasteiger charge is -2.28. The van der Waals surface area contributed by atoms with E-state index in [2.05, 4.69) is 219 Å². The minimum Gasteiger partial charge on any atom is -0.310 e. The Morgan fingerprint density at radius 1 is 0.327 bits per heavy atom. The number of nitrogens with zero attached hydrogens (tertiary/aromatic N) is 1. The van der Waals surface area contributed by atoms with Crippen LogP contribution in [-0.4, -0.2) is 0 Å². The van der Waals surface area contributed by atoms with E-state index in [1.165, 1.54) is 66.8 Å². The number of hydrogen-bond donors (Lipinski definition) is 0. The minimum atomic E-state index is -0.0689. The van der Waals surface area contributed by atoms with Gasteiger partial charge in [0.05, 0.1) is 5.69 Å². The zero-order valence-electron chi connectivity index (χ0n) is 29.5. The van der Waals surface area contributed by atoms with Crippen LogP contribution in [0.15, 0.2) is 200 Å². The van der Waals surface area contributed by atoms with Crippen LogP contribution in [0, 0.1) is 0 Å². The topological polar surface area (TPSA) is 3.24 Å². The molecule has 0 N–H and O–H groups in total. The maximum Gasteiger partial charge on any atom is 0.0540 e. The van der Waals surface area contributed by atoms with Gasteiger partial charge in [0, 0.05) is 22.4 Å². The second-order valence-electron chi connectivity index (χ2n) is 14.2. The van der Waals surface area contributed by atoms with Gasteiger partial charge in [-0.05, 0) is 97.6 Å². The minimum absolute atomic E-state index is 0.0689. The summed E-state index contributed by atoms with van der Waals surface area (Å²) in [5.74, 6) is 0. The fourth-order valence-corrected chi connectivity index (χ4v) is 8.04. The van der Waals surface area contributed by atoms with Gasteiger partial charge in [0.2, 0.25) is 0 Å². The lowest BCUT2D eigenvalue weighted by Crippen LogP contribution is -2.14. The van der Waals surface area contributed by atoms with E-state index in [1.54, 1.807) is 0 Å². The molecule has 1 aliphatic rings. The molecule has 0 unspecified atom stereocenters. The second-order valence-corrected chi connectivity index (χ2v) is 14.2. The van der Waals surface area contributed by atoms with E-state index < -0.39 is 0 Å². The average molecular weight is 666 g/mol. The van der Waals surface area contributed by atoms with Crippen molar-refractivity contribution in [3.05, 3.63) is 211 Å². The van der Waals surface area contributed by atoms with Gasteiger partial charge in [-0.1, -0.05) is 178 Å². The summed E-state index contributed by atoms with van der Waals surface area (Å²) in [6.07, 6.45) is 0. The Morgan fingerprint density at radius 2 is 0.788 bits per heavy atom. The Bertz CT molecular complexity index is 2500. The molecule has 0 atom stereocenters. The maximum atomic E-state index is 2.41. The van der Waals surface area contributed by atoms with Gasteiger partial charge >= 0.3 is 0 Å². The third-order valence-corrected chi connectivity index (χ3v) is 10.7. The molecule has 0 aromatic heterocycles. The highest BCUT2D eigenvalue weighted by molar-refractivity contribution is 5.94. The zero-order chi connectivity index (χ0) is 35.1. The fourth-order valence-electron chi connectivity index (χ4n) is 8.04. The highest BCUT2D eigenvalue weighted by Crippen LogP contribution is 2.53. The summed E-state index contributed by atoms with van der Waals surface area (Å²) in [5, 5.41) is 0. The number of rotatable bonds is 7. The summed E-state index contributed by atoms with van der Waals surface area (Å²) in [4.78, 5) is 2.38. The molecule has 0 radical (unpaired) electrons. The molecular weight excluding hydrogens is 627 g/mol. The van der Waals surface area contributed by atoms with Crippen molar-refractivity contribution >= 4 is 17.1 Å². The van der Waals surface area contributed by atoms with Gasteiger partial charge < -0.3 is 4.90 Å². The van der Waals surface area contributed by atoms with Crippen molar-refractivity contribution in [2.24, 2.45) is 0 Å². The van der Waals surface area contributed by atoms with Crippen molar-refractivity contribution in [3.63, 3.8) is 0 Å². The SMILES string of the molecule is CC1(C)c2ccc(-c3ccc(N(c4ccc(-c5ccccc5)cc4)c4ccccc4-c4ccccc4)cc3)cc2-c2c(-c3ccccc3)cccc21. The van der Waals surface area contributed by atoms with Crippen molar-refractivity contribution in [2.45, 2.75) is 19.3 Å². The molecule has 0 aliphatic heterocycles. The second kappa shape index (κ2) is 13.0. The van der Waals surface area contributed by atoms with Crippen LogP contribution in [-0.2, 0) is 5.41 Å². The lowest BCUT2D eigenvalue weighted by atomic mass is 9.81. The summed E-state index contributed by atoms with van der Waals surface area (Å²) >= 11 is 0. The Labute approximate surface area is 307 Å². The van der Waals surface area contributed by atoms with Gasteiger partial charge in [0.25, 0.3) is 0 Å². The molecule has 0 amide bonds. The van der Waals surface area contributed by atoms with Crippen molar-refractivity contribution in [1.29, 1.82) is 0 Å². The Kier molecular flexibility index (Phi) is 7.90. The van der Waals surface area contributed by atoms with E-state index >= 15 is 0 Å². The third-order valence-electron chi connectivity index (χ3n) is 10.7. The zero-order valence-corrected chi connectivity index (χ0v) is 29.5. The molecule has 9 rings (SSSR count). The third kappa shape index (κ3) is 5.52. The van der Waals surface area contributed by atoms with E-state index in [0.717, 1.165) is 17.1 Å². The van der Waals surface area contributed by atoms with Crippen molar-refractivity contribution in [1.82, 2.24) is 0 Å². The van der Waals surface area contributed by atoms with Gasteiger partial charge in [-0.15, -0.1) is 0 Å². The van der Waals surface area contributed by atoms with Crippen LogP contribution in [0.25, 0.3) is 55.6 Å². The molecule has 0 saturated heterocycles. The molecule has 0 spiro atoms. The Balaban J connectivity index is 1.14. The predicted molar refractivity (Wildman–Crippen MR) is 220 cm³/mol. The van der Waals surface area contributed by atoms with E-state index in [1.807, 2.05) is 0 Å². The summed E-state index contributed by atoms with van der Waals surface area (Å²) in [6.45, 7) is 4.71. The maximum absolute atomic E-state index is 2.41. The van der Waals surface area contributed by atoms with Crippen molar-refractivity contribution < 1.29 is 0 Å². The normalized spacial score (nSPS) is 12.6. The first-order valence-electron chi connectivity index (χ1n) is 18.1. The quantitative estimate of drug-likeness (QED) is 0.164. The van der Waals surface area contributed by atoms with Gasteiger partial charge in [-0.3, -0.25) is 0 Å². The molecular formula is C51H39N. The smallest absolute Gasteiger partial charge is 0.0540 e. The van der Waals surface area contributed by atoms with Crippen LogP contribution in [0.4, 0.5) is 17.1 Å². The Hall–Kier alpha value is -6.44. The van der Waals surface area contributed by atoms with Crippen molar-refractivity contribution in [3.8, 4) is 55.6 Å². The summed E-state index contributed by atoms with van der Waals surface area (Å²) in [5.41, 5.74) is 18.5. The molecule has 8 aromatic carbocycles. The number of benzene rings is 8. The van der Waals surface area contributed by atoms with Crippen LogP contribution in [0.2, 0.25) is 0 Å². The number of hydrogen-bond acceptors (Lipinski definition) is 1. The molecule has 248 valence electrons. The van der Waals surface area contributed by atoms with Crippen LogP contribution >= 0.6 is 0 Å². The van der Waals surface area contributed by atoms with Crippen LogP contribution in [0.5, 0.6) is 0 Å². The highest BCUT2D eigenvalue weighted by Gasteiger charge is 2.37. The summed E-state index contributed by atoms with van der Waals surface area (Å²) in [7, 11) is 0. The monoisotopic (exact) mass is 665 g/mol. The number of para-hydroxylation sites is 1. The predicted octanol–water partition coefficient (Wildman–Crippen LogP) is 14.1. The standard InChI is InChI=1S/C51H39N/c1-51(2)47-34-29-41(35-46(47)50-45(22-14-23-48(50)51)40-19-10-5-11-20-40)38-27-32-43(33-28-38)52(42-30-25-37(26-31-42)36-15-6-3-7-16-36)49-24-13-12-21-44(49)39-17-8-4-9-18-39/h3-35H,1-2H3. The van der Waals surface area contributed by atoms with E-state index in [0.29, 0.717) is 0 Å². The first-order valence-corrected chi connectivity index (χ1v) is 18.1. The van der Waals surface area contributed by atoms with Crippen LogP contribution in [0.3, 0.4) is 0 Å². The molecule has 8 aromatic rings. The molecule has 0 saturated carbocycles. The van der Waals surface area contributed by atoms with E-state index in [-0.39, 0.29) is 5.41 Å². The highest BCUT2D eigenvalue weighted by atomic mass is 15.1. The van der Waals surface area contributed by atoms with Gasteiger partial charge in [-0.25, -0.2) is 0 Å².